The molecule has 0 spiro atoms. The zero-order valence-corrected chi connectivity index (χ0v) is 23.8. The zero-order valence-electron chi connectivity index (χ0n) is 23.8. The van der Waals surface area contributed by atoms with Crippen LogP contribution in [0.2, 0.25) is 0 Å². The number of methoxy groups -OCH3 is 2. The summed E-state index contributed by atoms with van der Waals surface area (Å²) in [7, 11) is 3.45. The lowest BCUT2D eigenvalue weighted by Gasteiger charge is -2.44. The van der Waals surface area contributed by atoms with Crippen molar-refractivity contribution in [3.63, 3.8) is 0 Å². The minimum absolute atomic E-state index is 0.109. The first-order valence-electron chi connectivity index (χ1n) is 15.4. The summed E-state index contributed by atoms with van der Waals surface area (Å²) in [6, 6.07) is 0. The Morgan fingerprint density at radius 2 is 1.62 bits per heavy atom. The van der Waals surface area contributed by atoms with Gasteiger partial charge in [-0.1, -0.05) is 36.8 Å². The summed E-state index contributed by atoms with van der Waals surface area (Å²) in [4.78, 5) is 0. The van der Waals surface area contributed by atoms with Gasteiger partial charge in [0.05, 0.1) is 12.2 Å². The number of hydrogen-bond donors (Lipinski definition) is 0. The molecule has 0 radical (unpaired) electrons. The van der Waals surface area contributed by atoms with Crippen LogP contribution in [0.5, 0.6) is 0 Å². The van der Waals surface area contributed by atoms with Gasteiger partial charge in [0, 0.05) is 34.0 Å². The van der Waals surface area contributed by atoms with Crippen molar-refractivity contribution in [2.45, 2.75) is 128 Å². The van der Waals surface area contributed by atoms with E-state index in [0.717, 1.165) is 43.8 Å². The molecule has 5 unspecified atom stereocenters. The average molecular weight is 521 g/mol. The van der Waals surface area contributed by atoms with Crippen LogP contribution in [0.4, 0.5) is 0 Å². The highest BCUT2D eigenvalue weighted by atomic mass is 16.7. The zero-order chi connectivity index (χ0) is 25.8. The molecule has 10 atom stereocenters. The molecular formula is C31H52O6. The van der Waals surface area contributed by atoms with E-state index < -0.39 is 6.29 Å². The monoisotopic (exact) mass is 520 g/mol. The van der Waals surface area contributed by atoms with Crippen LogP contribution in [0.25, 0.3) is 0 Å². The molecule has 6 nitrogen and oxygen atoms in total. The summed E-state index contributed by atoms with van der Waals surface area (Å²) in [6.45, 7) is 6.59. The molecule has 5 aliphatic rings. The summed E-state index contributed by atoms with van der Waals surface area (Å²) in [5.74, 6) is 3.14. The van der Waals surface area contributed by atoms with Crippen LogP contribution in [0.3, 0.4) is 0 Å². The summed E-state index contributed by atoms with van der Waals surface area (Å²) in [5.41, 5.74) is 3.56. The predicted molar refractivity (Wildman–Crippen MR) is 143 cm³/mol. The molecule has 2 heterocycles. The van der Waals surface area contributed by atoms with Crippen molar-refractivity contribution in [3.8, 4) is 0 Å². The molecular weight excluding hydrogens is 468 g/mol. The van der Waals surface area contributed by atoms with Crippen molar-refractivity contribution in [2.24, 2.45) is 23.7 Å². The van der Waals surface area contributed by atoms with E-state index in [1.807, 2.05) is 12.5 Å². The Kier molecular flexibility index (Phi) is 10.0. The van der Waals surface area contributed by atoms with Gasteiger partial charge in [-0.2, -0.15) is 0 Å². The van der Waals surface area contributed by atoms with Gasteiger partial charge in [-0.15, -0.1) is 0 Å². The third-order valence-electron chi connectivity index (χ3n) is 10.2. The molecule has 2 aliphatic heterocycles. The SMILES string of the molecule is CCO[C@@H]1[C@@H](OC)[C@H](C)O[C@@H](OC2CC3=C4CC5CCCCCCCOCCC5C4CCC3C2)[C@@H]1OC. The maximum absolute atomic E-state index is 6.72. The Balaban J connectivity index is 1.27. The van der Waals surface area contributed by atoms with E-state index in [1.165, 1.54) is 64.2 Å². The Morgan fingerprint density at radius 3 is 2.43 bits per heavy atom. The van der Waals surface area contributed by atoms with Crippen molar-refractivity contribution in [1.82, 2.24) is 0 Å². The highest BCUT2D eigenvalue weighted by molar-refractivity contribution is 5.31. The first kappa shape index (κ1) is 28.0. The Bertz CT molecular complexity index is 754. The van der Waals surface area contributed by atoms with Gasteiger partial charge in [-0.25, -0.2) is 0 Å². The summed E-state index contributed by atoms with van der Waals surface area (Å²) >= 11 is 0. The third-order valence-corrected chi connectivity index (χ3v) is 10.2. The number of hydrogen-bond acceptors (Lipinski definition) is 6. The Morgan fingerprint density at radius 1 is 0.811 bits per heavy atom. The molecule has 0 aromatic carbocycles. The standard InChI is InChI=1S/C31H52O6/c1-5-35-29-28(32-3)20(2)36-31(30(29)33-4)37-23-17-22-12-13-25-24-14-16-34-15-10-8-6-7-9-11-21(24)18-27(25)26(22)19-23/h20-25,28-31H,5-19H2,1-4H3/t20-,21?,22?,23?,24?,25?,28-,29+,30+,31-/m0/s1. The van der Waals surface area contributed by atoms with Crippen LogP contribution < -0.4 is 0 Å². The molecule has 37 heavy (non-hydrogen) atoms. The molecule has 5 rings (SSSR count). The van der Waals surface area contributed by atoms with Crippen molar-refractivity contribution in [1.29, 1.82) is 0 Å². The largest absolute Gasteiger partial charge is 0.381 e. The number of fused-ring (bicyclic) bond motifs is 4. The lowest BCUT2D eigenvalue weighted by atomic mass is 9.75. The molecule has 3 aliphatic carbocycles. The normalized spacial score (nSPS) is 43.5. The van der Waals surface area contributed by atoms with Crippen LogP contribution in [-0.4, -0.2) is 70.9 Å². The summed E-state index contributed by atoms with van der Waals surface area (Å²) in [5, 5.41) is 0. The number of ether oxygens (including phenoxy) is 6. The lowest BCUT2D eigenvalue weighted by molar-refractivity contribution is -0.316. The molecule has 2 saturated carbocycles. The summed E-state index contributed by atoms with van der Waals surface area (Å²) < 4.78 is 36.8. The van der Waals surface area contributed by atoms with E-state index in [4.69, 9.17) is 28.4 Å². The van der Waals surface area contributed by atoms with E-state index in [-0.39, 0.29) is 30.5 Å². The topological polar surface area (TPSA) is 55.4 Å². The fourth-order valence-electron chi connectivity index (χ4n) is 8.50. The van der Waals surface area contributed by atoms with E-state index in [1.54, 1.807) is 19.8 Å². The van der Waals surface area contributed by atoms with Gasteiger partial charge in [-0.3, -0.25) is 0 Å². The molecule has 0 aromatic rings. The summed E-state index contributed by atoms with van der Waals surface area (Å²) in [6.07, 6.45) is 14.6. The molecule has 6 heteroatoms. The quantitative estimate of drug-likeness (QED) is 0.397. The van der Waals surface area contributed by atoms with Crippen molar-refractivity contribution in [3.05, 3.63) is 11.1 Å². The van der Waals surface area contributed by atoms with Crippen LogP contribution in [0, 0.1) is 23.7 Å². The number of rotatable bonds is 6. The highest BCUT2D eigenvalue weighted by Crippen LogP contribution is 2.56. The van der Waals surface area contributed by atoms with Crippen LogP contribution >= 0.6 is 0 Å². The molecule has 0 amide bonds. The first-order chi connectivity index (χ1) is 18.1. The molecule has 2 saturated heterocycles. The average Bonchev–Trinajstić information content (AvgIpc) is 3.45. The molecule has 0 aromatic heterocycles. The lowest BCUT2D eigenvalue weighted by Crippen LogP contribution is -2.60. The van der Waals surface area contributed by atoms with Gasteiger partial charge in [0.2, 0.25) is 0 Å². The second-order valence-electron chi connectivity index (χ2n) is 12.2. The van der Waals surface area contributed by atoms with Crippen molar-refractivity contribution >= 4 is 0 Å². The third kappa shape index (κ3) is 6.15. The van der Waals surface area contributed by atoms with E-state index in [2.05, 4.69) is 6.92 Å². The highest BCUT2D eigenvalue weighted by Gasteiger charge is 2.49. The van der Waals surface area contributed by atoms with Crippen molar-refractivity contribution < 1.29 is 28.4 Å². The van der Waals surface area contributed by atoms with Crippen molar-refractivity contribution in [2.75, 3.05) is 34.0 Å². The van der Waals surface area contributed by atoms with Crippen LogP contribution in [0.15, 0.2) is 11.1 Å². The van der Waals surface area contributed by atoms with E-state index >= 15 is 0 Å². The van der Waals surface area contributed by atoms with Gasteiger partial charge in [0.15, 0.2) is 6.29 Å². The number of allylic oxidation sites excluding steroid dienone is 1. The van der Waals surface area contributed by atoms with Gasteiger partial charge in [0.25, 0.3) is 0 Å². The Hall–Kier alpha value is -0.500. The minimum Gasteiger partial charge on any atom is -0.381 e. The van der Waals surface area contributed by atoms with Gasteiger partial charge in [-0.05, 0) is 88.9 Å². The molecule has 212 valence electrons. The molecule has 0 N–H and O–H groups in total. The maximum Gasteiger partial charge on any atom is 0.187 e. The smallest absolute Gasteiger partial charge is 0.187 e. The van der Waals surface area contributed by atoms with Crippen LogP contribution in [0.1, 0.15) is 90.9 Å². The van der Waals surface area contributed by atoms with E-state index in [9.17, 15) is 0 Å². The minimum atomic E-state index is -0.426. The maximum atomic E-state index is 6.72. The van der Waals surface area contributed by atoms with Gasteiger partial charge in [0.1, 0.15) is 18.3 Å². The first-order valence-corrected chi connectivity index (χ1v) is 15.4. The van der Waals surface area contributed by atoms with Gasteiger partial charge >= 0.3 is 0 Å². The predicted octanol–water partition coefficient (Wildman–Crippen LogP) is 6.07. The fraction of sp³-hybridized carbons (Fsp3) is 0.935. The molecule has 4 fully saturated rings. The molecule has 0 bridgehead atoms. The van der Waals surface area contributed by atoms with Crippen LogP contribution in [-0.2, 0) is 28.4 Å². The Labute approximate surface area is 225 Å². The van der Waals surface area contributed by atoms with Gasteiger partial charge < -0.3 is 28.4 Å². The fourth-order valence-corrected chi connectivity index (χ4v) is 8.50. The second-order valence-corrected chi connectivity index (χ2v) is 12.2. The second kappa shape index (κ2) is 13.2. The van der Waals surface area contributed by atoms with E-state index in [0.29, 0.717) is 12.5 Å².